The molecule has 0 bridgehead atoms. The van der Waals surface area contributed by atoms with Gasteiger partial charge in [-0.15, -0.1) is 0 Å². The van der Waals surface area contributed by atoms with Crippen LogP contribution in [0.5, 0.6) is 0 Å². The first-order valence-electron chi connectivity index (χ1n) is 19.8. The van der Waals surface area contributed by atoms with E-state index in [0.29, 0.717) is 5.92 Å². The Morgan fingerprint density at radius 1 is 0.607 bits per heavy atom. The van der Waals surface area contributed by atoms with Gasteiger partial charge >= 0.3 is 0 Å². The number of allylic oxidation sites excluding steroid dienone is 1. The second-order valence-electron chi connectivity index (χ2n) is 16.0. The quantitative estimate of drug-likeness (QED) is 0.177. The highest BCUT2D eigenvalue weighted by Gasteiger charge is 2.35. The number of hydrogen-bond acceptors (Lipinski definition) is 2. The van der Waals surface area contributed by atoms with Crippen molar-refractivity contribution in [2.24, 2.45) is 0 Å². The molecule has 0 amide bonds. The molecule has 0 aliphatic heterocycles. The molecule has 11 rings (SSSR count). The molecule has 0 saturated carbocycles. The molecule has 9 aromatic rings. The summed E-state index contributed by atoms with van der Waals surface area (Å²) in [5.41, 5.74) is 17.3. The van der Waals surface area contributed by atoms with Gasteiger partial charge in [-0.25, -0.2) is 4.98 Å². The zero-order valence-corrected chi connectivity index (χ0v) is 31.9. The van der Waals surface area contributed by atoms with Gasteiger partial charge in [0.25, 0.3) is 0 Å². The summed E-state index contributed by atoms with van der Waals surface area (Å²) in [6, 6.07) is 60.0. The molecule has 268 valence electrons. The van der Waals surface area contributed by atoms with Gasteiger partial charge in [-0.1, -0.05) is 124 Å². The van der Waals surface area contributed by atoms with E-state index >= 15 is 0 Å². The number of hydrogen-bond donors (Lipinski definition) is 0. The highest BCUT2D eigenvalue weighted by atomic mass is 15.1. The Bertz CT molecular complexity index is 3040. The molecule has 0 saturated heterocycles. The molecule has 2 aliphatic rings. The average molecular weight is 720 g/mol. The fourth-order valence-corrected chi connectivity index (χ4v) is 9.55. The second kappa shape index (κ2) is 12.4. The third kappa shape index (κ3) is 4.94. The van der Waals surface area contributed by atoms with Crippen molar-refractivity contribution in [1.82, 2.24) is 9.55 Å². The van der Waals surface area contributed by atoms with Gasteiger partial charge in [0.15, 0.2) is 0 Å². The van der Waals surface area contributed by atoms with E-state index in [1.54, 1.807) is 0 Å². The predicted octanol–water partition coefficient (Wildman–Crippen LogP) is 14.3. The molecule has 7 aromatic carbocycles. The lowest BCUT2D eigenvalue weighted by Gasteiger charge is -2.28. The summed E-state index contributed by atoms with van der Waals surface area (Å²) < 4.78 is 2.35. The maximum atomic E-state index is 5.18. The van der Waals surface area contributed by atoms with Crippen LogP contribution in [0, 0.1) is 0 Å². The molecule has 1 unspecified atom stereocenters. The predicted molar refractivity (Wildman–Crippen MR) is 236 cm³/mol. The van der Waals surface area contributed by atoms with Crippen LogP contribution < -0.4 is 4.90 Å². The molecule has 2 aliphatic carbocycles. The summed E-state index contributed by atoms with van der Waals surface area (Å²) in [7, 11) is 0. The minimum absolute atomic E-state index is 0.0760. The second-order valence-corrected chi connectivity index (χ2v) is 16.0. The Morgan fingerprint density at radius 2 is 1.32 bits per heavy atom. The van der Waals surface area contributed by atoms with Crippen molar-refractivity contribution in [1.29, 1.82) is 0 Å². The molecule has 56 heavy (non-hydrogen) atoms. The molecule has 3 nitrogen and oxygen atoms in total. The number of aromatic nitrogens is 2. The fraction of sp³-hybridized carbons (Fsp3) is 0.113. The van der Waals surface area contributed by atoms with Crippen LogP contribution in [0.25, 0.3) is 66.9 Å². The number of nitrogens with zero attached hydrogens (tertiary/aromatic N) is 3. The van der Waals surface area contributed by atoms with Crippen molar-refractivity contribution >= 4 is 55.8 Å². The van der Waals surface area contributed by atoms with E-state index in [1.807, 2.05) is 0 Å². The number of anilines is 3. The Morgan fingerprint density at radius 3 is 2.20 bits per heavy atom. The van der Waals surface area contributed by atoms with Crippen molar-refractivity contribution in [2.45, 2.75) is 38.5 Å². The molecule has 0 radical (unpaired) electrons. The number of fused-ring (bicyclic) bond motifs is 9. The highest BCUT2D eigenvalue weighted by Crippen LogP contribution is 2.51. The topological polar surface area (TPSA) is 21.1 Å². The first-order valence-corrected chi connectivity index (χ1v) is 19.8. The summed E-state index contributed by atoms with van der Waals surface area (Å²) in [4.78, 5) is 7.56. The molecular weight excluding hydrogens is 679 g/mol. The van der Waals surface area contributed by atoms with Crippen LogP contribution in [0.2, 0.25) is 0 Å². The zero-order valence-electron chi connectivity index (χ0n) is 31.9. The Hall–Kier alpha value is -6.71. The van der Waals surface area contributed by atoms with Crippen molar-refractivity contribution in [3.05, 3.63) is 192 Å². The van der Waals surface area contributed by atoms with Crippen molar-refractivity contribution < 1.29 is 0 Å². The van der Waals surface area contributed by atoms with Crippen LogP contribution in [0.1, 0.15) is 55.4 Å². The fourth-order valence-electron chi connectivity index (χ4n) is 9.55. The van der Waals surface area contributed by atoms with Gasteiger partial charge in [0.1, 0.15) is 5.82 Å². The van der Waals surface area contributed by atoms with Crippen molar-refractivity contribution in [3.63, 3.8) is 0 Å². The highest BCUT2D eigenvalue weighted by molar-refractivity contribution is 6.14. The summed E-state index contributed by atoms with van der Waals surface area (Å²) in [6.45, 7) is 7.04. The lowest BCUT2D eigenvalue weighted by molar-refractivity contribution is 0.660. The zero-order chi connectivity index (χ0) is 37.5. The third-order valence-electron chi connectivity index (χ3n) is 12.4. The van der Waals surface area contributed by atoms with E-state index in [4.69, 9.17) is 4.98 Å². The molecule has 2 heterocycles. The largest absolute Gasteiger partial charge is 0.310 e. The Kier molecular flexibility index (Phi) is 7.25. The molecule has 2 aromatic heterocycles. The normalized spacial score (nSPS) is 15.2. The van der Waals surface area contributed by atoms with E-state index in [1.165, 1.54) is 66.3 Å². The summed E-state index contributed by atoms with van der Waals surface area (Å²) in [6.07, 6.45) is 5.75. The third-order valence-corrected chi connectivity index (χ3v) is 12.4. The molecule has 0 spiro atoms. The minimum atomic E-state index is -0.0760. The molecular formula is C53H41N3. The summed E-state index contributed by atoms with van der Waals surface area (Å²) in [5, 5.41) is 3.69. The number of para-hydroxylation sites is 2. The SMILES string of the molecule is CC1CC=Cc2c1ccc1c2c2cc(-c3ccc(N(c4ccccc4)c4ccc5c(c4)C(C)(C)c4ccccc4-5)cc3)ccc2n1-c1ccc2ccccc2n1. The van der Waals surface area contributed by atoms with Crippen LogP contribution >= 0.6 is 0 Å². The van der Waals surface area contributed by atoms with Crippen LogP contribution in [0.15, 0.2) is 170 Å². The number of rotatable bonds is 5. The van der Waals surface area contributed by atoms with E-state index in [0.717, 1.165) is 40.2 Å². The first-order chi connectivity index (χ1) is 27.4. The number of benzene rings is 7. The van der Waals surface area contributed by atoms with Crippen LogP contribution in [-0.4, -0.2) is 9.55 Å². The number of pyridine rings is 1. The van der Waals surface area contributed by atoms with Crippen LogP contribution in [0.3, 0.4) is 0 Å². The molecule has 0 fully saturated rings. The summed E-state index contributed by atoms with van der Waals surface area (Å²) in [5.74, 6) is 1.42. The smallest absolute Gasteiger partial charge is 0.138 e. The summed E-state index contributed by atoms with van der Waals surface area (Å²) >= 11 is 0. The monoisotopic (exact) mass is 719 g/mol. The van der Waals surface area contributed by atoms with Crippen LogP contribution in [-0.2, 0) is 5.41 Å². The van der Waals surface area contributed by atoms with Gasteiger partial charge in [0, 0.05) is 38.6 Å². The lowest BCUT2D eigenvalue weighted by Crippen LogP contribution is -2.16. The van der Waals surface area contributed by atoms with E-state index in [-0.39, 0.29) is 5.41 Å². The van der Waals surface area contributed by atoms with Gasteiger partial charge in [-0.3, -0.25) is 4.57 Å². The lowest BCUT2D eigenvalue weighted by atomic mass is 9.82. The average Bonchev–Trinajstić information content (AvgIpc) is 3.69. The Balaban J connectivity index is 1.04. The van der Waals surface area contributed by atoms with Gasteiger partial charge in [0.2, 0.25) is 0 Å². The van der Waals surface area contributed by atoms with Gasteiger partial charge in [0.05, 0.1) is 16.6 Å². The standard InChI is InChI=1S/C53H41N3/c1-34-12-11-17-44-41(34)28-30-50-52(44)45-32-37(22-29-49(45)56(50)51-31-23-36-13-7-10-19-48(36)54-51)35-20-24-39(25-21-35)55(38-14-5-4-6-15-38)40-26-27-43-42-16-8-9-18-46(42)53(2,3)47(43)33-40/h4-11,13-34H,12H2,1-3H3. The van der Waals surface area contributed by atoms with Crippen molar-refractivity contribution in [2.75, 3.05) is 4.90 Å². The maximum absolute atomic E-state index is 5.18. The molecule has 0 N–H and O–H groups in total. The minimum Gasteiger partial charge on any atom is -0.310 e. The van der Waals surface area contributed by atoms with E-state index in [9.17, 15) is 0 Å². The van der Waals surface area contributed by atoms with E-state index in [2.05, 4.69) is 206 Å². The molecule has 1 atom stereocenters. The van der Waals surface area contributed by atoms with Gasteiger partial charge in [-0.2, -0.15) is 0 Å². The van der Waals surface area contributed by atoms with E-state index < -0.39 is 0 Å². The first kappa shape index (κ1) is 32.7. The van der Waals surface area contributed by atoms with Crippen molar-refractivity contribution in [3.8, 4) is 28.1 Å². The Labute approximate surface area is 327 Å². The maximum Gasteiger partial charge on any atom is 0.138 e. The van der Waals surface area contributed by atoms with Gasteiger partial charge < -0.3 is 4.90 Å². The van der Waals surface area contributed by atoms with Crippen LogP contribution in [0.4, 0.5) is 17.1 Å². The van der Waals surface area contributed by atoms with Gasteiger partial charge in [-0.05, 0) is 130 Å². The molecule has 3 heteroatoms.